The summed E-state index contributed by atoms with van der Waals surface area (Å²) in [4.78, 5) is 59.5. The Bertz CT molecular complexity index is 2620. The number of aromatic amines is 2. The summed E-state index contributed by atoms with van der Waals surface area (Å²) in [6, 6.07) is 17.5. The van der Waals surface area contributed by atoms with Crippen molar-refractivity contribution in [3.8, 4) is 11.5 Å². The second kappa shape index (κ2) is 13.8. The third-order valence-corrected chi connectivity index (χ3v) is 13.0. The molecule has 7 aromatic rings. The number of piperazine rings is 2. The maximum Gasteiger partial charge on any atom is 0.255 e. The minimum absolute atomic E-state index is 0.0221. The number of nitrogens with one attached hydrogen (secondary N) is 2. The molecule has 0 atom stereocenters. The fourth-order valence-electron chi connectivity index (χ4n) is 8.69. The zero-order valence-electron chi connectivity index (χ0n) is 31.8. The molecule has 0 unspecified atom stereocenters. The van der Waals surface area contributed by atoms with Gasteiger partial charge in [0.15, 0.2) is 0 Å². The molecule has 5 aromatic heterocycles. The van der Waals surface area contributed by atoms with E-state index in [1.165, 1.54) is 4.70 Å². The number of carbonyl (C=O) groups is 2. The minimum atomic E-state index is -0.140. The Kier molecular flexibility index (Phi) is 8.50. The third-order valence-electron chi connectivity index (χ3n) is 12.0. The molecule has 290 valence electrons. The van der Waals surface area contributed by atoms with Gasteiger partial charge >= 0.3 is 0 Å². The van der Waals surface area contributed by atoms with E-state index in [2.05, 4.69) is 56.7 Å². The van der Waals surface area contributed by atoms with Crippen LogP contribution >= 0.6 is 11.3 Å². The highest BCUT2D eigenvalue weighted by molar-refractivity contribution is 7.17. The van der Waals surface area contributed by atoms with Crippen LogP contribution in [0.1, 0.15) is 46.4 Å². The molecule has 14 nitrogen and oxygen atoms in total. The standard InChI is InChI=1S/C21H23N5O3.C21H19N5OS/c1-28-15-9-14(10-16(11-15)29-2)20(27)26-8-7-25(12-21(26)4-5-21)19-17-3-6-22-18(17)23-13-24-19;27-20(16-11-28-17-4-2-1-3-14(16)17)26-10-9-25(12-21(26)6-7-21)19-15-5-8-22-18(15)23-13-24-19/h3,6,9-11,13H,4-5,7-8,12H2,1-2H3,(H,22,23,24);1-5,8,11,13H,6-7,9-10,12H2,(H,22,23,24). The van der Waals surface area contributed by atoms with Gasteiger partial charge in [-0.05, 0) is 56.0 Å². The number of carbonyl (C=O) groups excluding carboxylic acids is 2. The molecule has 2 spiro atoms. The Morgan fingerprint density at radius 1 is 0.667 bits per heavy atom. The molecule has 57 heavy (non-hydrogen) atoms. The summed E-state index contributed by atoms with van der Waals surface area (Å²) >= 11 is 1.65. The van der Waals surface area contributed by atoms with E-state index in [9.17, 15) is 9.59 Å². The van der Waals surface area contributed by atoms with Gasteiger partial charge in [-0.1, -0.05) is 18.2 Å². The smallest absolute Gasteiger partial charge is 0.255 e. The van der Waals surface area contributed by atoms with Gasteiger partial charge in [-0.15, -0.1) is 11.3 Å². The summed E-state index contributed by atoms with van der Waals surface area (Å²) in [5, 5.41) is 5.14. The number of fused-ring (bicyclic) bond motifs is 3. The van der Waals surface area contributed by atoms with Gasteiger partial charge in [-0.25, -0.2) is 19.9 Å². The van der Waals surface area contributed by atoms with Crippen molar-refractivity contribution >= 4 is 66.9 Å². The largest absolute Gasteiger partial charge is 0.497 e. The van der Waals surface area contributed by atoms with E-state index in [0.29, 0.717) is 23.6 Å². The lowest BCUT2D eigenvalue weighted by molar-refractivity contribution is 0.0616. The molecular weight excluding hydrogens is 741 g/mol. The monoisotopic (exact) mass is 782 g/mol. The SMILES string of the molecule is COc1cc(OC)cc(C(=O)N2CCN(c3ncnc4[nH]ccc34)CC23CC3)c1.O=C(c1csc2ccccc12)N1CCN(c2ncnc3[nH]ccc23)CC12CC2. The highest BCUT2D eigenvalue weighted by atomic mass is 32.1. The van der Waals surface area contributed by atoms with Crippen molar-refractivity contribution in [1.29, 1.82) is 0 Å². The normalized spacial score (nSPS) is 17.9. The van der Waals surface area contributed by atoms with Crippen LogP contribution in [-0.2, 0) is 0 Å². The third kappa shape index (κ3) is 6.16. The molecule has 11 rings (SSSR count). The van der Waals surface area contributed by atoms with Gasteiger partial charge in [0, 0.05) is 78.8 Å². The lowest BCUT2D eigenvalue weighted by Gasteiger charge is -2.43. The molecule has 7 heterocycles. The first-order valence-electron chi connectivity index (χ1n) is 19.3. The first kappa shape index (κ1) is 35.2. The predicted molar refractivity (Wildman–Crippen MR) is 220 cm³/mol. The summed E-state index contributed by atoms with van der Waals surface area (Å²) in [5.41, 5.74) is 2.93. The number of H-pyrrole nitrogens is 2. The molecule has 2 aliphatic carbocycles. The average Bonchev–Trinajstić information content (AvgIpc) is 3.93. The highest BCUT2D eigenvalue weighted by Gasteiger charge is 2.55. The van der Waals surface area contributed by atoms with Gasteiger partial charge < -0.3 is 39.0 Å². The second-order valence-electron chi connectivity index (χ2n) is 15.3. The van der Waals surface area contributed by atoms with Crippen LogP contribution in [0.3, 0.4) is 0 Å². The van der Waals surface area contributed by atoms with E-state index in [1.54, 1.807) is 56.4 Å². The van der Waals surface area contributed by atoms with E-state index >= 15 is 0 Å². The molecule has 2 saturated carbocycles. The Morgan fingerprint density at radius 2 is 1.21 bits per heavy atom. The number of aromatic nitrogens is 6. The summed E-state index contributed by atoms with van der Waals surface area (Å²) in [5.74, 6) is 3.32. The number of nitrogens with zero attached hydrogens (tertiary/aromatic N) is 8. The molecule has 2 aromatic carbocycles. The van der Waals surface area contributed by atoms with Crippen molar-refractivity contribution in [1.82, 2.24) is 39.7 Å². The fourth-order valence-corrected chi connectivity index (χ4v) is 9.63. The maximum absolute atomic E-state index is 13.4. The van der Waals surface area contributed by atoms with Gasteiger partial charge in [-0.3, -0.25) is 9.59 Å². The molecule has 4 fully saturated rings. The molecule has 0 bridgehead atoms. The zero-order chi connectivity index (χ0) is 38.7. The first-order chi connectivity index (χ1) is 27.9. The average molecular weight is 783 g/mol. The molecule has 2 amide bonds. The van der Waals surface area contributed by atoms with Crippen LogP contribution in [0.4, 0.5) is 11.6 Å². The van der Waals surface area contributed by atoms with E-state index in [4.69, 9.17) is 9.47 Å². The summed E-state index contributed by atoms with van der Waals surface area (Å²) < 4.78 is 11.8. The van der Waals surface area contributed by atoms with Crippen molar-refractivity contribution in [2.45, 2.75) is 36.8 Å². The van der Waals surface area contributed by atoms with Gasteiger partial charge in [0.25, 0.3) is 11.8 Å². The van der Waals surface area contributed by atoms with Crippen molar-refractivity contribution in [2.24, 2.45) is 0 Å². The van der Waals surface area contributed by atoms with Gasteiger partial charge in [0.2, 0.25) is 0 Å². The molecule has 2 saturated heterocycles. The second-order valence-corrected chi connectivity index (χ2v) is 16.2. The number of rotatable bonds is 6. The van der Waals surface area contributed by atoms with Crippen LogP contribution in [0, 0.1) is 0 Å². The lowest BCUT2D eigenvalue weighted by Crippen LogP contribution is -2.57. The lowest BCUT2D eigenvalue weighted by atomic mass is 10.1. The molecule has 2 N–H and O–H groups in total. The van der Waals surface area contributed by atoms with Crippen LogP contribution < -0.4 is 19.3 Å². The minimum Gasteiger partial charge on any atom is -0.497 e. The van der Waals surface area contributed by atoms with E-state index in [1.807, 2.05) is 46.9 Å². The van der Waals surface area contributed by atoms with E-state index < -0.39 is 0 Å². The predicted octanol–water partition coefficient (Wildman–Crippen LogP) is 6.14. The van der Waals surface area contributed by atoms with Crippen LogP contribution in [0.15, 0.2) is 85.0 Å². The quantitative estimate of drug-likeness (QED) is 0.202. The van der Waals surface area contributed by atoms with Gasteiger partial charge in [0.05, 0.1) is 41.6 Å². The Morgan fingerprint density at radius 3 is 1.75 bits per heavy atom. The number of anilines is 2. The molecule has 15 heteroatoms. The molecule has 0 radical (unpaired) electrons. The van der Waals surface area contributed by atoms with Crippen LogP contribution in [-0.4, -0.2) is 116 Å². The Balaban J connectivity index is 0.000000139. The molecule has 2 aliphatic heterocycles. The van der Waals surface area contributed by atoms with Gasteiger partial charge in [-0.2, -0.15) is 0 Å². The number of ether oxygens (including phenoxy) is 2. The summed E-state index contributed by atoms with van der Waals surface area (Å²) in [6.07, 6.45) is 11.1. The maximum atomic E-state index is 13.4. The Labute approximate surface area is 332 Å². The van der Waals surface area contributed by atoms with E-state index in [0.717, 1.165) is 103 Å². The number of benzene rings is 2. The van der Waals surface area contributed by atoms with Gasteiger partial charge in [0.1, 0.15) is 47.1 Å². The van der Waals surface area contributed by atoms with Crippen LogP contribution in [0.2, 0.25) is 0 Å². The summed E-state index contributed by atoms with van der Waals surface area (Å²) in [6.45, 7) is 4.49. The fraction of sp³-hybridized carbons (Fsp3) is 0.333. The van der Waals surface area contributed by atoms with Crippen molar-refractivity contribution in [3.63, 3.8) is 0 Å². The number of hydrogen-bond acceptors (Lipinski definition) is 11. The zero-order valence-corrected chi connectivity index (χ0v) is 32.6. The van der Waals surface area contributed by atoms with Crippen molar-refractivity contribution in [3.05, 3.63) is 96.2 Å². The number of hydrogen-bond donors (Lipinski definition) is 2. The number of methoxy groups -OCH3 is 2. The highest BCUT2D eigenvalue weighted by Crippen LogP contribution is 2.48. The van der Waals surface area contributed by atoms with Crippen LogP contribution in [0.25, 0.3) is 32.2 Å². The van der Waals surface area contributed by atoms with Crippen LogP contribution in [0.5, 0.6) is 11.5 Å². The molecular formula is C42H42N10O4S. The van der Waals surface area contributed by atoms with E-state index in [-0.39, 0.29) is 22.9 Å². The topological polar surface area (TPSA) is 149 Å². The Hall–Kier alpha value is -6.22. The van der Waals surface area contributed by atoms with Crippen molar-refractivity contribution < 1.29 is 19.1 Å². The summed E-state index contributed by atoms with van der Waals surface area (Å²) in [7, 11) is 3.18. The number of thiophene rings is 1. The first-order valence-corrected chi connectivity index (χ1v) is 20.2. The van der Waals surface area contributed by atoms with Crippen molar-refractivity contribution in [2.75, 3.05) is 63.3 Å². The number of amides is 2. The molecule has 4 aliphatic rings.